The first-order valence-electron chi connectivity index (χ1n) is 8.13. The van der Waals surface area contributed by atoms with Crippen molar-refractivity contribution in [2.45, 2.75) is 17.2 Å². The van der Waals surface area contributed by atoms with E-state index < -0.39 is 16.1 Å². The lowest BCUT2D eigenvalue weighted by Crippen LogP contribution is -2.30. The fraction of sp³-hybridized carbons (Fsp3) is 0.105. The average Bonchev–Trinajstić information content (AvgIpc) is 3.20. The molecule has 6 nitrogen and oxygen atoms in total. The van der Waals surface area contributed by atoms with Crippen LogP contribution < -0.4 is 14.8 Å². The number of hydrogen-bond acceptors (Lipinski definition) is 5. The number of hydrogen-bond donors (Lipinski definition) is 2. The first kappa shape index (κ1) is 18.9. The van der Waals surface area contributed by atoms with Crippen LogP contribution in [0.1, 0.15) is 6.92 Å². The molecule has 0 aliphatic rings. The summed E-state index contributed by atoms with van der Waals surface area (Å²) in [5, 5.41) is 4.40. The fourth-order valence-corrected chi connectivity index (χ4v) is 4.36. The van der Waals surface area contributed by atoms with E-state index in [1.807, 2.05) is 18.2 Å². The molecular weight excluding hydrogens is 384 g/mol. The van der Waals surface area contributed by atoms with Gasteiger partial charge in [0.15, 0.2) is 6.10 Å². The number of rotatable bonds is 7. The van der Waals surface area contributed by atoms with Crippen molar-refractivity contribution in [2.24, 2.45) is 0 Å². The molecule has 0 radical (unpaired) electrons. The summed E-state index contributed by atoms with van der Waals surface area (Å²) in [6, 6.07) is 18.8. The summed E-state index contributed by atoms with van der Waals surface area (Å²) in [6.45, 7) is 1.63. The monoisotopic (exact) mass is 402 g/mol. The van der Waals surface area contributed by atoms with Gasteiger partial charge in [-0.15, -0.1) is 11.3 Å². The van der Waals surface area contributed by atoms with Gasteiger partial charge in [-0.25, -0.2) is 8.42 Å². The number of nitrogens with one attached hydrogen (secondary N) is 2. The molecule has 1 atom stereocenters. The molecule has 0 saturated carbocycles. The van der Waals surface area contributed by atoms with Crippen molar-refractivity contribution < 1.29 is 17.9 Å². The van der Waals surface area contributed by atoms with Crippen molar-refractivity contribution in [3.8, 4) is 5.75 Å². The van der Waals surface area contributed by atoms with Gasteiger partial charge in [0.1, 0.15) is 9.96 Å². The van der Waals surface area contributed by atoms with Crippen molar-refractivity contribution in [1.29, 1.82) is 0 Å². The molecule has 0 aliphatic heterocycles. The molecule has 3 rings (SSSR count). The molecule has 2 N–H and O–H groups in total. The maximum Gasteiger partial charge on any atom is 0.271 e. The molecule has 1 heterocycles. The second kappa shape index (κ2) is 8.24. The Morgan fingerprint density at radius 3 is 2.30 bits per heavy atom. The fourth-order valence-electron chi connectivity index (χ4n) is 2.28. The highest BCUT2D eigenvalue weighted by Gasteiger charge is 2.20. The number of thiophene rings is 1. The Morgan fingerprint density at radius 2 is 1.63 bits per heavy atom. The predicted octanol–water partition coefficient (Wildman–Crippen LogP) is 3.95. The van der Waals surface area contributed by atoms with E-state index in [0.29, 0.717) is 11.4 Å². The molecule has 8 heteroatoms. The molecular formula is C19H18N2O4S2. The Balaban J connectivity index is 1.73. The second-order valence-electron chi connectivity index (χ2n) is 5.65. The van der Waals surface area contributed by atoms with E-state index in [1.54, 1.807) is 54.8 Å². The smallest absolute Gasteiger partial charge is 0.271 e. The van der Waals surface area contributed by atoms with E-state index in [0.717, 1.165) is 11.3 Å². The van der Waals surface area contributed by atoms with Gasteiger partial charge >= 0.3 is 0 Å². The zero-order valence-corrected chi connectivity index (χ0v) is 16.1. The van der Waals surface area contributed by atoms with E-state index in [1.165, 1.54) is 6.07 Å². The van der Waals surface area contributed by atoms with E-state index in [9.17, 15) is 13.2 Å². The molecule has 3 aromatic rings. The summed E-state index contributed by atoms with van der Waals surface area (Å²) < 4.78 is 33.2. The summed E-state index contributed by atoms with van der Waals surface area (Å²) in [5.74, 6) is 0.188. The molecule has 1 aromatic heterocycles. The number of carbonyl (C=O) groups is 1. The van der Waals surface area contributed by atoms with Gasteiger partial charge in [-0.2, -0.15) is 0 Å². The van der Waals surface area contributed by atoms with Gasteiger partial charge in [-0.05, 0) is 42.6 Å². The van der Waals surface area contributed by atoms with Crippen LogP contribution in [0.2, 0.25) is 0 Å². The van der Waals surface area contributed by atoms with Gasteiger partial charge < -0.3 is 10.1 Å². The van der Waals surface area contributed by atoms with Gasteiger partial charge in [-0.3, -0.25) is 9.52 Å². The number of sulfonamides is 1. The van der Waals surface area contributed by atoms with Gasteiger partial charge in [0.05, 0.1) is 11.4 Å². The van der Waals surface area contributed by atoms with Gasteiger partial charge in [0.25, 0.3) is 15.9 Å². The van der Waals surface area contributed by atoms with Crippen LogP contribution in [-0.2, 0) is 14.8 Å². The minimum Gasteiger partial charge on any atom is -0.481 e. The third-order valence-corrected chi connectivity index (χ3v) is 6.38. The maximum atomic E-state index is 12.5. The highest BCUT2D eigenvalue weighted by molar-refractivity contribution is 7.94. The van der Waals surface area contributed by atoms with Crippen molar-refractivity contribution in [3.63, 3.8) is 0 Å². The lowest BCUT2D eigenvalue weighted by Gasteiger charge is -2.17. The van der Waals surface area contributed by atoms with Crippen molar-refractivity contribution in [2.75, 3.05) is 10.0 Å². The topological polar surface area (TPSA) is 84.5 Å². The quantitative estimate of drug-likeness (QED) is 0.627. The van der Waals surface area contributed by atoms with Crippen molar-refractivity contribution in [3.05, 3.63) is 72.1 Å². The zero-order chi connectivity index (χ0) is 19.3. The highest BCUT2D eigenvalue weighted by Crippen LogP contribution is 2.26. The van der Waals surface area contributed by atoms with Crippen LogP contribution in [0.3, 0.4) is 0 Å². The Bertz CT molecular complexity index is 1000. The highest BCUT2D eigenvalue weighted by atomic mass is 32.2. The third kappa shape index (κ3) is 4.87. The van der Waals surface area contributed by atoms with Crippen molar-refractivity contribution in [1.82, 2.24) is 0 Å². The third-order valence-electron chi connectivity index (χ3n) is 3.61. The second-order valence-corrected chi connectivity index (χ2v) is 8.50. The maximum absolute atomic E-state index is 12.5. The van der Waals surface area contributed by atoms with Gasteiger partial charge in [0, 0.05) is 0 Å². The molecule has 27 heavy (non-hydrogen) atoms. The normalized spacial score (nSPS) is 12.2. The number of benzene rings is 2. The minimum absolute atomic E-state index is 0.199. The van der Waals surface area contributed by atoms with E-state index in [4.69, 9.17) is 4.74 Å². The largest absolute Gasteiger partial charge is 0.481 e. The van der Waals surface area contributed by atoms with Crippen LogP contribution in [0.4, 0.5) is 11.4 Å². The number of ether oxygens (including phenoxy) is 1. The average molecular weight is 402 g/mol. The van der Waals surface area contributed by atoms with Crippen LogP contribution >= 0.6 is 11.3 Å². The Morgan fingerprint density at radius 1 is 0.963 bits per heavy atom. The summed E-state index contributed by atoms with van der Waals surface area (Å²) in [5.41, 5.74) is 0.636. The molecule has 0 bridgehead atoms. The SMILES string of the molecule is CC(Oc1ccccc1)C(=O)Nc1ccccc1NS(=O)(=O)c1cccs1. The van der Waals surface area contributed by atoms with Crippen LogP contribution in [0.5, 0.6) is 5.75 Å². The van der Waals surface area contributed by atoms with Crippen LogP contribution in [0.15, 0.2) is 76.3 Å². The zero-order valence-electron chi connectivity index (χ0n) is 14.5. The molecule has 0 fully saturated rings. The van der Waals surface area contributed by atoms with E-state index >= 15 is 0 Å². The first-order valence-corrected chi connectivity index (χ1v) is 10.5. The molecule has 2 aromatic carbocycles. The van der Waals surface area contributed by atoms with Gasteiger partial charge in [0.2, 0.25) is 0 Å². The van der Waals surface area contributed by atoms with Crippen LogP contribution in [-0.4, -0.2) is 20.4 Å². The number of amides is 1. The standard InChI is InChI=1S/C19H18N2O4S2/c1-14(25-15-8-3-2-4-9-15)19(22)20-16-10-5-6-11-17(16)21-27(23,24)18-12-7-13-26-18/h2-14,21H,1H3,(H,20,22). The summed E-state index contributed by atoms with van der Waals surface area (Å²) in [6.07, 6.45) is -0.755. The summed E-state index contributed by atoms with van der Waals surface area (Å²) in [7, 11) is -3.71. The molecule has 1 amide bonds. The summed E-state index contributed by atoms with van der Waals surface area (Å²) >= 11 is 1.12. The summed E-state index contributed by atoms with van der Waals surface area (Å²) in [4.78, 5) is 12.5. The lowest BCUT2D eigenvalue weighted by molar-refractivity contribution is -0.122. The minimum atomic E-state index is -3.71. The Labute approximate surface area is 161 Å². The lowest BCUT2D eigenvalue weighted by atomic mass is 10.2. The van der Waals surface area contributed by atoms with Crippen LogP contribution in [0, 0.1) is 0 Å². The molecule has 1 unspecified atom stereocenters. The number of anilines is 2. The van der Waals surface area contributed by atoms with Gasteiger partial charge in [-0.1, -0.05) is 36.4 Å². The van der Waals surface area contributed by atoms with Crippen molar-refractivity contribution >= 4 is 38.6 Å². The molecule has 140 valence electrons. The number of carbonyl (C=O) groups excluding carboxylic acids is 1. The van der Waals surface area contributed by atoms with E-state index in [2.05, 4.69) is 10.0 Å². The molecule has 0 saturated heterocycles. The number of para-hydroxylation sites is 3. The Kier molecular flexibility index (Phi) is 5.78. The predicted molar refractivity (Wildman–Crippen MR) is 107 cm³/mol. The first-order chi connectivity index (χ1) is 13.0. The molecule has 0 aliphatic carbocycles. The Hall–Kier alpha value is -2.84. The molecule has 0 spiro atoms. The van der Waals surface area contributed by atoms with E-state index in [-0.39, 0.29) is 15.8 Å². The van der Waals surface area contributed by atoms with Crippen LogP contribution in [0.25, 0.3) is 0 Å².